The van der Waals surface area contributed by atoms with Crippen LogP contribution in [0.1, 0.15) is 13.8 Å². The van der Waals surface area contributed by atoms with Crippen LogP contribution >= 0.6 is 0 Å². The van der Waals surface area contributed by atoms with Gasteiger partial charge in [0.25, 0.3) is 0 Å². The maximum absolute atomic E-state index is 14.9. The van der Waals surface area contributed by atoms with Gasteiger partial charge in [-0.3, -0.25) is 0 Å². The van der Waals surface area contributed by atoms with Crippen molar-refractivity contribution in [3.8, 4) is 16.9 Å². The number of hydrogen-bond acceptors (Lipinski definition) is 8. The molecule has 2 aromatic heterocycles. The minimum atomic E-state index is -0.548. The molecule has 10 heteroatoms. The van der Waals surface area contributed by atoms with Gasteiger partial charge >= 0.3 is 0 Å². The van der Waals surface area contributed by atoms with Gasteiger partial charge in [-0.25, -0.2) is 23.7 Å². The monoisotopic (exact) mass is 467 g/mol. The molecule has 1 aromatic carbocycles. The van der Waals surface area contributed by atoms with E-state index in [4.69, 9.17) is 4.74 Å². The third-order valence-electron chi connectivity index (χ3n) is 6.06. The van der Waals surface area contributed by atoms with Gasteiger partial charge in [0.2, 0.25) is 5.95 Å². The zero-order valence-electron chi connectivity index (χ0n) is 19.2. The average molecular weight is 468 g/mol. The van der Waals surface area contributed by atoms with Crippen molar-refractivity contribution in [2.45, 2.75) is 19.9 Å². The Morgan fingerprint density at radius 1 is 0.971 bits per heavy atom. The molecule has 0 atom stereocenters. The van der Waals surface area contributed by atoms with Crippen LogP contribution in [0.3, 0.4) is 0 Å². The first-order chi connectivity index (χ1) is 16.5. The molecular formula is C24H27F2N7O. The summed E-state index contributed by atoms with van der Waals surface area (Å²) in [4.78, 5) is 17.1. The van der Waals surface area contributed by atoms with Gasteiger partial charge < -0.3 is 25.2 Å². The van der Waals surface area contributed by atoms with Crippen molar-refractivity contribution in [2.24, 2.45) is 0 Å². The van der Waals surface area contributed by atoms with Gasteiger partial charge in [0, 0.05) is 37.8 Å². The van der Waals surface area contributed by atoms with Crippen LogP contribution in [0, 0.1) is 11.6 Å². The highest BCUT2D eigenvalue weighted by Gasteiger charge is 2.25. The van der Waals surface area contributed by atoms with Gasteiger partial charge in [0.1, 0.15) is 18.2 Å². The number of rotatable bonds is 5. The zero-order chi connectivity index (χ0) is 23.7. The van der Waals surface area contributed by atoms with E-state index < -0.39 is 11.6 Å². The number of nitrogens with zero attached hydrogens (tertiary/aromatic N) is 5. The summed E-state index contributed by atoms with van der Waals surface area (Å²) in [5.41, 5.74) is 2.20. The van der Waals surface area contributed by atoms with E-state index in [1.165, 1.54) is 12.1 Å². The zero-order valence-corrected chi connectivity index (χ0v) is 19.2. The Bertz CT molecular complexity index is 1170. The number of ether oxygens (including phenoxy) is 1. The van der Waals surface area contributed by atoms with Gasteiger partial charge in [-0.1, -0.05) is 0 Å². The molecule has 0 saturated carbocycles. The molecule has 0 spiro atoms. The lowest BCUT2D eigenvalue weighted by molar-refractivity contribution is 0.287. The van der Waals surface area contributed by atoms with E-state index in [1.54, 1.807) is 18.5 Å². The van der Waals surface area contributed by atoms with Crippen molar-refractivity contribution in [1.82, 2.24) is 20.3 Å². The topological polar surface area (TPSA) is 78.4 Å². The molecule has 4 heterocycles. The lowest BCUT2D eigenvalue weighted by Crippen LogP contribution is -2.43. The Kier molecular flexibility index (Phi) is 6.14. The van der Waals surface area contributed by atoms with Crippen molar-refractivity contribution >= 4 is 23.1 Å². The van der Waals surface area contributed by atoms with Gasteiger partial charge in [-0.2, -0.15) is 0 Å². The number of pyridine rings is 1. The summed E-state index contributed by atoms with van der Waals surface area (Å²) in [6, 6.07) is 4.74. The molecule has 0 aliphatic carbocycles. The lowest BCUT2D eigenvalue weighted by Gasteiger charge is -2.35. The summed E-state index contributed by atoms with van der Waals surface area (Å²) in [5, 5.41) is 6.33. The van der Waals surface area contributed by atoms with Crippen molar-refractivity contribution in [1.29, 1.82) is 0 Å². The minimum Gasteiger partial charge on any atom is -0.486 e. The van der Waals surface area contributed by atoms with E-state index in [9.17, 15) is 8.78 Å². The molecule has 178 valence electrons. The van der Waals surface area contributed by atoms with Crippen LogP contribution in [0.25, 0.3) is 11.1 Å². The smallest absolute Gasteiger partial charge is 0.228 e. The molecule has 2 N–H and O–H groups in total. The maximum Gasteiger partial charge on any atom is 0.228 e. The molecule has 3 aromatic rings. The van der Waals surface area contributed by atoms with E-state index in [0.717, 1.165) is 38.1 Å². The molecule has 1 saturated heterocycles. The highest BCUT2D eigenvalue weighted by molar-refractivity contribution is 5.75. The Morgan fingerprint density at radius 3 is 2.47 bits per heavy atom. The van der Waals surface area contributed by atoms with Gasteiger partial charge in [-0.15, -0.1) is 0 Å². The fourth-order valence-corrected chi connectivity index (χ4v) is 4.31. The third kappa shape index (κ3) is 4.45. The van der Waals surface area contributed by atoms with Crippen molar-refractivity contribution < 1.29 is 13.5 Å². The van der Waals surface area contributed by atoms with Crippen LogP contribution in [0.15, 0.2) is 36.8 Å². The number of anilines is 4. The van der Waals surface area contributed by atoms with E-state index >= 15 is 0 Å². The Hall–Kier alpha value is -3.53. The standard InChI is InChI=1S/C24H27F2N7O/c1-15(2)33-7-8-34-23-19(25)9-16(10-21(23)33)18-11-22(28-14-20(18)26)31-24-29-12-17(13-30-24)32-5-3-27-4-6-32/h9-15,27H,3-8H2,1-2H3,(H,28,29,30,31). The first kappa shape index (κ1) is 22.3. The fourth-order valence-electron chi connectivity index (χ4n) is 4.31. The second-order valence-corrected chi connectivity index (χ2v) is 8.62. The number of aromatic nitrogens is 3. The van der Waals surface area contributed by atoms with E-state index in [1.807, 2.05) is 13.8 Å². The summed E-state index contributed by atoms with van der Waals surface area (Å²) in [5.74, 6) is -0.154. The number of benzene rings is 1. The van der Waals surface area contributed by atoms with E-state index in [2.05, 4.69) is 35.4 Å². The third-order valence-corrected chi connectivity index (χ3v) is 6.06. The van der Waals surface area contributed by atoms with Gasteiger partial charge in [-0.05, 0) is 37.6 Å². The minimum absolute atomic E-state index is 0.151. The summed E-state index contributed by atoms with van der Waals surface area (Å²) in [6.45, 7) is 8.75. The largest absolute Gasteiger partial charge is 0.486 e. The molecule has 0 bridgehead atoms. The maximum atomic E-state index is 14.9. The van der Waals surface area contributed by atoms with Crippen LogP contribution in [0.5, 0.6) is 5.75 Å². The molecular weight excluding hydrogens is 440 g/mol. The summed E-state index contributed by atoms with van der Waals surface area (Å²) in [7, 11) is 0. The second-order valence-electron chi connectivity index (χ2n) is 8.62. The Labute approximate surface area is 197 Å². The quantitative estimate of drug-likeness (QED) is 0.590. The van der Waals surface area contributed by atoms with E-state index in [0.29, 0.717) is 36.2 Å². The van der Waals surface area contributed by atoms with Crippen molar-refractivity contribution in [3.05, 3.63) is 48.4 Å². The molecule has 0 amide bonds. The summed E-state index contributed by atoms with van der Waals surface area (Å²) in [6.07, 6.45) is 4.62. The highest BCUT2D eigenvalue weighted by atomic mass is 19.1. The highest BCUT2D eigenvalue weighted by Crippen LogP contribution is 2.40. The van der Waals surface area contributed by atoms with Crippen LogP contribution in [-0.2, 0) is 0 Å². The van der Waals surface area contributed by atoms with Gasteiger partial charge in [0.15, 0.2) is 11.6 Å². The van der Waals surface area contributed by atoms with Crippen molar-refractivity contribution in [2.75, 3.05) is 54.4 Å². The van der Waals surface area contributed by atoms with Gasteiger partial charge in [0.05, 0.1) is 36.5 Å². The SMILES string of the molecule is CC(C)N1CCOc2c(F)cc(-c3cc(Nc4ncc(N5CCNCC5)cn4)ncc3F)cc21. The molecule has 2 aliphatic rings. The number of hydrogen-bond donors (Lipinski definition) is 2. The molecule has 0 radical (unpaired) electrons. The van der Waals surface area contributed by atoms with Crippen LogP contribution in [0.4, 0.5) is 31.9 Å². The molecule has 5 rings (SSSR count). The molecule has 1 fully saturated rings. The Balaban J connectivity index is 1.41. The molecule has 2 aliphatic heterocycles. The van der Waals surface area contributed by atoms with Crippen LogP contribution in [0.2, 0.25) is 0 Å². The first-order valence-corrected chi connectivity index (χ1v) is 11.4. The van der Waals surface area contributed by atoms with Crippen molar-refractivity contribution in [3.63, 3.8) is 0 Å². The first-order valence-electron chi connectivity index (χ1n) is 11.4. The number of piperazine rings is 1. The van der Waals surface area contributed by atoms with E-state index in [-0.39, 0.29) is 17.4 Å². The average Bonchev–Trinajstić information content (AvgIpc) is 2.86. The van der Waals surface area contributed by atoms with Crippen LogP contribution < -0.4 is 25.2 Å². The molecule has 8 nitrogen and oxygen atoms in total. The summed E-state index contributed by atoms with van der Waals surface area (Å²) >= 11 is 0. The Morgan fingerprint density at radius 2 is 1.74 bits per heavy atom. The predicted molar refractivity (Wildman–Crippen MR) is 128 cm³/mol. The predicted octanol–water partition coefficient (Wildman–Crippen LogP) is 3.58. The second kappa shape index (κ2) is 9.38. The van der Waals surface area contributed by atoms with Crippen LogP contribution in [-0.4, -0.2) is 60.3 Å². The number of fused-ring (bicyclic) bond motifs is 1. The normalized spacial score (nSPS) is 15.8. The number of nitrogens with one attached hydrogen (secondary N) is 2. The fraction of sp³-hybridized carbons (Fsp3) is 0.375. The summed E-state index contributed by atoms with van der Waals surface area (Å²) < 4.78 is 35.2. The number of halogens is 2. The molecule has 0 unspecified atom stereocenters. The lowest BCUT2D eigenvalue weighted by atomic mass is 10.0. The molecule has 34 heavy (non-hydrogen) atoms.